The molecule has 2 aromatic rings. The van der Waals surface area contributed by atoms with Crippen LogP contribution in [0.25, 0.3) is 0 Å². The first-order valence-electron chi connectivity index (χ1n) is 11.2. The zero-order valence-electron chi connectivity index (χ0n) is 19.6. The zero-order chi connectivity index (χ0) is 26.0. The third-order valence-corrected chi connectivity index (χ3v) is 6.28. The minimum Gasteiger partial charge on any atom is -0.351 e. The molecule has 0 spiro atoms. The van der Waals surface area contributed by atoms with Gasteiger partial charge in [-0.3, -0.25) is 29.4 Å². The number of nitrogens with one attached hydrogen (secondary N) is 3. The van der Waals surface area contributed by atoms with Crippen molar-refractivity contribution < 1.29 is 24.0 Å². The molecule has 3 N–H and O–H groups in total. The summed E-state index contributed by atoms with van der Waals surface area (Å²) >= 11 is 6.12. The summed E-state index contributed by atoms with van der Waals surface area (Å²) in [5.41, 5.74) is 2.81. The lowest BCUT2D eigenvalue weighted by Gasteiger charge is -2.28. The Morgan fingerprint density at radius 1 is 1.14 bits per heavy atom. The number of hydrogen-bond acceptors (Lipinski definition) is 6. The lowest BCUT2D eigenvalue weighted by molar-refractivity contribution is -0.149. The number of hydrogen-bond donors (Lipinski definition) is 3. The monoisotopic (exact) mass is 509 g/mol. The van der Waals surface area contributed by atoms with Crippen LogP contribution in [0.15, 0.2) is 54.2 Å². The topological polar surface area (TPSA) is 128 Å². The maximum Gasteiger partial charge on any atom is 0.321 e. The minimum absolute atomic E-state index is 0.0178. The van der Waals surface area contributed by atoms with Gasteiger partial charge in [-0.05, 0) is 48.7 Å². The van der Waals surface area contributed by atoms with Crippen molar-refractivity contribution in [1.29, 1.82) is 0 Å². The fraction of sp³-hybridized carbons (Fsp3) is 0.240. The normalized spacial score (nSPS) is 17.6. The van der Waals surface area contributed by atoms with Gasteiger partial charge in [-0.2, -0.15) is 0 Å². The molecule has 0 saturated carbocycles. The van der Waals surface area contributed by atoms with E-state index in [-0.39, 0.29) is 31.1 Å². The number of piperidine rings is 1. The van der Waals surface area contributed by atoms with Gasteiger partial charge >= 0.3 is 6.03 Å². The average molecular weight is 510 g/mol. The Morgan fingerprint density at radius 2 is 1.92 bits per heavy atom. The van der Waals surface area contributed by atoms with E-state index in [1.807, 2.05) is 19.1 Å². The van der Waals surface area contributed by atoms with E-state index in [0.717, 1.165) is 22.1 Å². The van der Waals surface area contributed by atoms with E-state index >= 15 is 0 Å². The molecule has 2 heterocycles. The highest BCUT2D eigenvalue weighted by Crippen LogP contribution is 2.24. The molecule has 1 fully saturated rings. The van der Waals surface area contributed by atoms with Crippen molar-refractivity contribution in [3.63, 3.8) is 0 Å². The Kier molecular flexibility index (Phi) is 7.07. The quantitative estimate of drug-likeness (QED) is 0.514. The maximum atomic E-state index is 12.9. The summed E-state index contributed by atoms with van der Waals surface area (Å²) in [5, 5.41) is 8.43. The molecule has 0 bridgehead atoms. The molecule has 0 aliphatic carbocycles. The minimum atomic E-state index is -1.03. The number of benzene rings is 2. The van der Waals surface area contributed by atoms with Crippen LogP contribution in [0.5, 0.6) is 0 Å². The predicted molar refractivity (Wildman–Crippen MR) is 133 cm³/mol. The molecule has 0 radical (unpaired) electrons. The van der Waals surface area contributed by atoms with Crippen molar-refractivity contribution in [3.05, 3.63) is 70.4 Å². The third kappa shape index (κ3) is 5.38. The van der Waals surface area contributed by atoms with Crippen molar-refractivity contribution in [2.75, 3.05) is 17.7 Å². The van der Waals surface area contributed by atoms with Gasteiger partial charge < -0.3 is 15.5 Å². The van der Waals surface area contributed by atoms with Gasteiger partial charge in [0.1, 0.15) is 11.7 Å². The van der Waals surface area contributed by atoms with E-state index in [2.05, 4.69) is 16.0 Å². The molecule has 36 heavy (non-hydrogen) atoms. The Morgan fingerprint density at radius 3 is 2.64 bits per heavy atom. The van der Waals surface area contributed by atoms with E-state index in [1.165, 1.54) is 4.90 Å². The van der Waals surface area contributed by atoms with Crippen LogP contribution in [-0.2, 0) is 25.7 Å². The van der Waals surface area contributed by atoms with Crippen LogP contribution >= 0.6 is 11.6 Å². The first kappa shape index (κ1) is 24.9. The number of carbonyl (C=O) groups is 5. The number of amides is 6. The molecule has 0 aromatic heterocycles. The van der Waals surface area contributed by atoms with Crippen LogP contribution in [0.2, 0.25) is 5.02 Å². The molecule has 2 aromatic carbocycles. The molecule has 186 valence electrons. The second-order valence-electron chi connectivity index (χ2n) is 8.61. The summed E-state index contributed by atoms with van der Waals surface area (Å²) in [6.45, 7) is 2.15. The summed E-state index contributed by atoms with van der Waals surface area (Å²) in [7, 11) is 1.64. The standard InChI is InChI=1S/C25H24ClN5O5/c1-14-6-7-17(11-18(14)26)28-25(36)30(2)13-15-4-3-5-16(10-15)27-19-12-22(33)31(24(19)35)20-8-9-21(32)29-23(20)34/h3-7,10-12,20,27H,8-9,13H2,1-2H3,(H,28,36)(H,29,32,34). The number of anilines is 2. The highest BCUT2D eigenvalue weighted by atomic mass is 35.5. The van der Waals surface area contributed by atoms with Crippen molar-refractivity contribution in [2.45, 2.75) is 32.4 Å². The second kappa shape index (κ2) is 10.2. The molecule has 6 amide bonds. The van der Waals surface area contributed by atoms with Crippen LogP contribution in [0.4, 0.5) is 16.2 Å². The Bertz CT molecular complexity index is 1310. The lowest BCUT2D eigenvalue weighted by atomic mass is 10.0. The lowest BCUT2D eigenvalue weighted by Crippen LogP contribution is -2.54. The molecule has 2 aliphatic rings. The van der Waals surface area contributed by atoms with E-state index in [1.54, 1.807) is 37.4 Å². The Labute approximate surface area is 212 Å². The largest absolute Gasteiger partial charge is 0.351 e. The van der Waals surface area contributed by atoms with Gasteiger partial charge in [-0.25, -0.2) is 4.79 Å². The van der Waals surface area contributed by atoms with Gasteiger partial charge in [0.25, 0.3) is 11.8 Å². The third-order valence-electron chi connectivity index (χ3n) is 5.87. The first-order chi connectivity index (χ1) is 17.1. The molecule has 4 rings (SSSR count). The van der Waals surface area contributed by atoms with E-state index in [4.69, 9.17) is 11.6 Å². The molecule has 2 aliphatic heterocycles. The summed E-state index contributed by atoms with van der Waals surface area (Å²) in [6.07, 6.45) is 1.27. The molecule has 1 atom stereocenters. The fourth-order valence-electron chi connectivity index (χ4n) is 3.94. The van der Waals surface area contributed by atoms with Crippen LogP contribution < -0.4 is 16.0 Å². The highest BCUT2D eigenvalue weighted by molar-refractivity contribution is 6.31. The number of halogens is 1. The van der Waals surface area contributed by atoms with E-state index < -0.39 is 29.7 Å². The molecule has 11 heteroatoms. The highest BCUT2D eigenvalue weighted by Gasteiger charge is 2.42. The number of rotatable bonds is 6. The molecular weight excluding hydrogens is 486 g/mol. The van der Waals surface area contributed by atoms with Crippen LogP contribution in [0.3, 0.4) is 0 Å². The van der Waals surface area contributed by atoms with Gasteiger partial charge in [0.05, 0.1) is 0 Å². The molecular formula is C25H24ClN5O5. The summed E-state index contributed by atoms with van der Waals surface area (Å²) in [4.78, 5) is 63.8. The smallest absolute Gasteiger partial charge is 0.321 e. The second-order valence-corrected chi connectivity index (χ2v) is 9.02. The van der Waals surface area contributed by atoms with Crippen molar-refractivity contribution >= 4 is 52.6 Å². The van der Waals surface area contributed by atoms with Gasteiger partial charge in [-0.15, -0.1) is 0 Å². The van der Waals surface area contributed by atoms with Crippen molar-refractivity contribution in [3.8, 4) is 0 Å². The summed E-state index contributed by atoms with van der Waals surface area (Å²) in [5.74, 6) is -2.37. The van der Waals surface area contributed by atoms with Crippen molar-refractivity contribution in [1.82, 2.24) is 15.1 Å². The van der Waals surface area contributed by atoms with Gasteiger partial charge in [0.2, 0.25) is 11.8 Å². The van der Waals surface area contributed by atoms with Gasteiger partial charge in [-0.1, -0.05) is 29.8 Å². The Hall–Kier alpha value is -4.18. The predicted octanol–water partition coefficient (Wildman–Crippen LogP) is 2.78. The molecule has 1 unspecified atom stereocenters. The first-order valence-corrected chi connectivity index (χ1v) is 11.6. The molecule has 1 saturated heterocycles. The zero-order valence-corrected chi connectivity index (χ0v) is 20.4. The number of urea groups is 1. The van der Waals surface area contributed by atoms with Gasteiger partial charge in [0, 0.05) is 42.5 Å². The summed E-state index contributed by atoms with van der Waals surface area (Å²) in [6, 6.07) is 10.9. The SMILES string of the molecule is Cc1ccc(NC(=O)N(C)Cc2cccc(NC3=CC(=O)N(C4CCC(=O)NC4=O)C3=O)c2)cc1Cl. The van der Waals surface area contributed by atoms with Gasteiger partial charge in [0.15, 0.2) is 0 Å². The number of nitrogens with zero attached hydrogens (tertiary/aromatic N) is 2. The van der Waals surface area contributed by atoms with Crippen molar-refractivity contribution in [2.24, 2.45) is 0 Å². The number of carbonyl (C=O) groups excluding carboxylic acids is 5. The van der Waals surface area contributed by atoms with Crippen LogP contribution in [0.1, 0.15) is 24.0 Å². The maximum absolute atomic E-state index is 12.9. The number of aryl methyl sites for hydroxylation is 1. The van der Waals surface area contributed by atoms with E-state index in [9.17, 15) is 24.0 Å². The number of imide groups is 2. The Balaban J connectivity index is 1.39. The fourth-order valence-corrected chi connectivity index (χ4v) is 4.12. The van der Waals surface area contributed by atoms with E-state index in [0.29, 0.717) is 16.4 Å². The average Bonchev–Trinajstić information content (AvgIpc) is 3.09. The summed E-state index contributed by atoms with van der Waals surface area (Å²) < 4.78 is 0. The van der Waals surface area contributed by atoms with Crippen LogP contribution in [0, 0.1) is 6.92 Å². The molecule has 10 nitrogen and oxygen atoms in total. The van der Waals surface area contributed by atoms with Crippen LogP contribution in [-0.4, -0.2) is 52.5 Å².